The van der Waals surface area contributed by atoms with Crippen LogP contribution in [0.4, 0.5) is 5.13 Å². The number of carbonyl (C=O) groups is 2. The van der Waals surface area contributed by atoms with Crippen molar-refractivity contribution in [2.45, 2.75) is 54.8 Å². The van der Waals surface area contributed by atoms with Gasteiger partial charge in [-0.25, -0.2) is 13.4 Å². The number of aromatic nitrogens is 1. The van der Waals surface area contributed by atoms with Gasteiger partial charge in [-0.15, -0.1) is 0 Å². The van der Waals surface area contributed by atoms with Gasteiger partial charge in [-0.1, -0.05) is 28.6 Å². The maximum absolute atomic E-state index is 12.9. The van der Waals surface area contributed by atoms with Crippen molar-refractivity contribution >= 4 is 44.2 Å². The molecule has 0 saturated heterocycles. The predicted molar refractivity (Wildman–Crippen MR) is 113 cm³/mol. The van der Waals surface area contributed by atoms with E-state index in [1.807, 2.05) is 0 Å². The smallest absolute Gasteiger partial charge is 0.280 e. The minimum absolute atomic E-state index is 0.0279. The molecule has 10 heteroatoms. The zero-order valence-electron chi connectivity index (χ0n) is 16.1. The third-order valence-electron chi connectivity index (χ3n) is 5.09. The van der Waals surface area contributed by atoms with Crippen LogP contribution in [0.2, 0.25) is 0 Å². The van der Waals surface area contributed by atoms with Gasteiger partial charge < -0.3 is 4.84 Å². The van der Waals surface area contributed by atoms with Gasteiger partial charge in [0.25, 0.3) is 5.91 Å². The second-order valence-corrected chi connectivity index (χ2v) is 10.7. The number of nitrogens with one attached hydrogen (secondary N) is 1. The summed E-state index contributed by atoms with van der Waals surface area (Å²) in [4.78, 5) is 33.9. The Balaban J connectivity index is 1.58. The lowest BCUT2D eigenvalue weighted by atomic mass is 10.1. The zero-order chi connectivity index (χ0) is 21.1. The molecule has 0 spiro atoms. The maximum Gasteiger partial charge on any atom is 0.280 e. The van der Waals surface area contributed by atoms with Crippen LogP contribution in [0.25, 0.3) is 0 Å². The molecule has 2 fully saturated rings. The summed E-state index contributed by atoms with van der Waals surface area (Å²) >= 11 is 1.05. The molecule has 1 heterocycles. The van der Waals surface area contributed by atoms with Crippen molar-refractivity contribution in [2.75, 3.05) is 5.32 Å². The van der Waals surface area contributed by atoms with Crippen molar-refractivity contribution in [2.24, 2.45) is 5.16 Å². The zero-order valence-corrected chi connectivity index (χ0v) is 17.7. The number of amides is 1. The van der Waals surface area contributed by atoms with Gasteiger partial charge in [0.2, 0.25) is 0 Å². The largest absolute Gasteiger partial charge is 0.392 e. The highest BCUT2D eigenvalue weighted by atomic mass is 32.2. The van der Waals surface area contributed by atoms with Crippen LogP contribution in [0.3, 0.4) is 0 Å². The van der Waals surface area contributed by atoms with Crippen molar-refractivity contribution in [3.8, 4) is 0 Å². The van der Waals surface area contributed by atoms with Crippen LogP contribution in [0, 0.1) is 0 Å². The highest BCUT2D eigenvalue weighted by Crippen LogP contribution is 2.33. The van der Waals surface area contributed by atoms with Crippen molar-refractivity contribution < 1.29 is 22.8 Å². The summed E-state index contributed by atoms with van der Waals surface area (Å²) in [5, 5.41) is 6.69. The summed E-state index contributed by atoms with van der Waals surface area (Å²) in [5.74, 6) is -0.544. The predicted octanol–water partition coefficient (Wildman–Crippen LogP) is 3.19. The molecule has 2 aromatic rings. The monoisotopic (exact) mass is 447 g/mol. The van der Waals surface area contributed by atoms with E-state index in [-0.39, 0.29) is 27.1 Å². The number of thiazole rings is 1. The van der Waals surface area contributed by atoms with Gasteiger partial charge in [0, 0.05) is 5.56 Å². The fraction of sp³-hybridized carbons (Fsp3) is 0.400. The van der Waals surface area contributed by atoms with Crippen molar-refractivity contribution in [3.05, 3.63) is 40.9 Å². The molecule has 1 aromatic carbocycles. The molecule has 2 aliphatic rings. The Morgan fingerprint density at radius 2 is 1.87 bits per heavy atom. The number of aldehydes is 1. The van der Waals surface area contributed by atoms with E-state index in [0.29, 0.717) is 29.6 Å². The summed E-state index contributed by atoms with van der Waals surface area (Å²) in [6.45, 7) is 0. The minimum Gasteiger partial charge on any atom is -0.392 e. The van der Waals surface area contributed by atoms with Gasteiger partial charge in [0.15, 0.2) is 27.0 Å². The van der Waals surface area contributed by atoms with E-state index in [1.165, 1.54) is 18.3 Å². The molecule has 158 valence electrons. The molecule has 0 unspecified atom stereocenters. The van der Waals surface area contributed by atoms with E-state index < -0.39 is 15.7 Å². The average Bonchev–Trinajstić information content (AvgIpc) is 3.31. The van der Waals surface area contributed by atoms with E-state index in [9.17, 15) is 18.0 Å². The normalized spacial score (nSPS) is 17.7. The van der Waals surface area contributed by atoms with Crippen LogP contribution in [0.1, 0.15) is 53.8 Å². The van der Waals surface area contributed by atoms with Crippen LogP contribution in [-0.4, -0.2) is 42.7 Å². The first-order valence-electron chi connectivity index (χ1n) is 9.78. The topological polar surface area (TPSA) is 115 Å². The Morgan fingerprint density at radius 3 is 2.47 bits per heavy atom. The first-order chi connectivity index (χ1) is 14.5. The molecule has 0 radical (unpaired) electrons. The number of sulfone groups is 1. The molecule has 2 saturated carbocycles. The Bertz CT molecular complexity index is 1070. The van der Waals surface area contributed by atoms with E-state index in [1.54, 1.807) is 12.1 Å². The lowest BCUT2D eigenvalue weighted by Gasteiger charge is -2.11. The second-order valence-electron chi connectivity index (χ2n) is 7.36. The van der Waals surface area contributed by atoms with Crippen molar-refractivity contribution in [3.63, 3.8) is 0 Å². The third kappa shape index (κ3) is 4.59. The molecular formula is C20H21N3O5S2. The van der Waals surface area contributed by atoms with Gasteiger partial charge in [-0.3, -0.25) is 14.9 Å². The number of anilines is 1. The first kappa shape index (κ1) is 20.7. The fourth-order valence-electron chi connectivity index (χ4n) is 3.27. The SMILES string of the molecule is O=Cc1cnc(NC(=O)C(=NOC2CCCC2)c2ccc(S(=O)(=O)C3CC3)cc2)s1. The summed E-state index contributed by atoms with van der Waals surface area (Å²) in [7, 11) is -3.32. The summed E-state index contributed by atoms with van der Waals surface area (Å²) in [6.07, 6.45) is 7.24. The van der Waals surface area contributed by atoms with Crippen LogP contribution < -0.4 is 5.32 Å². The highest BCUT2D eigenvalue weighted by Gasteiger charge is 2.36. The number of hydrogen-bond acceptors (Lipinski definition) is 8. The van der Waals surface area contributed by atoms with Crippen LogP contribution in [0.5, 0.6) is 0 Å². The maximum atomic E-state index is 12.9. The number of nitrogens with zero attached hydrogens (tertiary/aromatic N) is 2. The molecule has 2 aliphatic carbocycles. The Hall–Kier alpha value is -2.59. The van der Waals surface area contributed by atoms with E-state index in [0.717, 1.165) is 37.0 Å². The first-order valence-corrected chi connectivity index (χ1v) is 12.1. The third-order valence-corrected chi connectivity index (χ3v) is 8.21. The van der Waals surface area contributed by atoms with E-state index in [4.69, 9.17) is 4.84 Å². The molecule has 1 aromatic heterocycles. The van der Waals surface area contributed by atoms with Gasteiger partial charge in [-0.2, -0.15) is 0 Å². The number of hydrogen-bond donors (Lipinski definition) is 1. The Morgan fingerprint density at radius 1 is 1.17 bits per heavy atom. The molecular weight excluding hydrogens is 426 g/mol. The Kier molecular flexibility index (Phi) is 5.96. The second kappa shape index (κ2) is 8.65. The van der Waals surface area contributed by atoms with Gasteiger partial charge in [-0.05, 0) is 50.7 Å². The van der Waals surface area contributed by atoms with Gasteiger partial charge in [0.05, 0.1) is 21.2 Å². The van der Waals surface area contributed by atoms with Crippen LogP contribution in [-0.2, 0) is 19.5 Å². The fourth-order valence-corrected chi connectivity index (χ4v) is 5.56. The molecule has 4 rings (SSSR count). The average molecular weight is 448 g/mol. The standard InChI is InChI=1S/C20H21N3O5S2/c24-12-15-11-21-20(29-15)22-19(25)18(23-28-14-3-1-2-4-14)13-5-7-16(8-6-13)30(26,27)17-9-10-17/h5-8,11-12,14,17H,1-4,9-10H2,(H,21,22,25). The number of benzene rings is 1. The molecule has 30 heavy (non-hydrogen) atoms. The van der Waals surface area contributed by atoms with Crippen LogP contribution in [0.15, 0.2) is 40.5 Å². The molecule has 1 amide bonds. The van der Waals surface area contributed by atoms with Crippen LogP contribution >= 0.6 is 11.3 Å². The van der Waals surface area contributed by atoms with Crippen molar-refractivity contribution in [1.29, 1.82) is 0 Å². The van der Waals surface area contributed by atoms with Gasteiger partial charge >= 0.3 is 0 Å². The number of rotatable bonds is 8. The van der Waals surface area contributed by atoms with Crippen molar-refractivity contribution in [1.82, 2.24) is 4.98 Å². The molecule has 0 bridgehead atoms. The van der Waals surface area contributed by atoms with E-state index in [2.05, 4.69) is 15.5 Å². The lowest BCUT2D eigenvalue weighted by molar-refractivity contribution is -0.110. The van der Waals surface area contributed by atoms with Gasteiger partial charge in [0.1, 0.15) is 6.10 Å². The number of carbonyl (C=O) groups excluding carboxylic acids is 2. The number of oxime groups is 1. The molecule has 8 nitrogen and oxygen atoms in total. The highest BCUT2D eigenvalue weighted by molar-refractivity contribution is 7.92. The van der Waals surface area contributed by atoms with E-state index >= 15 is 0 Å². The lowest BCUT2D eigenvalue weighted by Crippen LogP contribution is -2.25. The molecule has 1 N–H and O–H groups in total. The summed E-state index contributed by atoms with van der Waals surface area (Å²) in [5.41, 5.74) is 0.465. The Labute approximate surface area is 178 Å². The summed E-state index contributed by atoms with van der Waals surface area (Å²) < 4.78 is 24.8. The molecule has 0 atom stereocenters. The quantitative estimate of drug-likeness (QED) is 0.378. The summed E-state index contributed by atoms with van der Waals surface area (Å²) in [6, 6.07) is 6.11. The minimum atomic E-state index is -3.32. The molecule has 0 aliphatic heterocycles.